The summed E-state index contributed by atoms with van der Waals surface area (Å²) in [4.78, 5) is 50.7. The number of anilines is 5. The van der Waals surface area contributed by atoms with Gasteiger partial charge < -0.3 is 26.2 Å². The van der Waals surface area contributed by atoms with Gasteiger partial charge in [-0.3, -0.25) is 34.4 Å². The molecule has 15 nitrogen and oxygen atoms in total. The molecule has 5 N–H and O–H groups in total. The zero-order valence-corrected chi connectivity index (χ0v) is 35.1. The number of fused-ring (bicyclic) bond motifs is 2. The molecule has 5 fully saturated rings. The van der Waals surface area contributed by atoms with Crippen molar-refractivity contribution in [2.45, 2.75) is 75.5 Å². The van der Waals surface area contributed by atoms with Gasteiger partial charge in [0, 0.05) is 95.9 Å². The maximum atomic E-state index is 15.9. The molecular weight excluding hydrogens is 806 g/mol. The lowest BCUT2D eigenvalue weighted by atomic mass is 9.93. The Balaban J connectivity index is 0.00000152. The Morgan fingerprint density at radius 2 is 1.75 bits per heavy atom. The monoisotopic (exact) mass is 858 g/mol. The van der Waals surface area contributed by atoms with Crippen molar-refractivity contribution in [2.75, 3.05) is 86.4 Å². The van der Waals surface area contributed by atoms with Crippen molar-refractivity contribution in [1.29, 1.82) is 0 Å². The predicted octanol–water partition coefficient (Wildman–Crippen LogP) is 4.32. The molecule has 3 amide bonds. The van der Waals surface area contributed by atoms with E-state index in [-0.39, 0.29) is 36.5 Å². The number of alkyl halides is 2. The van der Waals surface area contributed by atoms with Crippen molar-refractivity contribution in [3.05, 3.63) is 70.5 Å². The van der Waals surface area contributed by atoms with Gasteiger partial charge in [-0.15, -0.1) is 5.10 Å². The van der Waals surface area contributed by atoms with Crippen LogP contribution in [0.1, 0.15) is 60.1 Å². The molecule has 18 heteroatoms. The number of rotatable bonds is 10. The van der Waals surface area contributed by atoms with Gasteiger partial charge in [0.1, 0.15) is 11.7 Å². The fraction of sp³-hybridized carbons (Fsp3) is 0.512. The lowest BCUT2D eigenvalue weighted by Crippen LogP contribution is -2.69. The SMILES string of the molecule is C1CC1.CNc1cc(N2CCc3c(CN4CCC(N5CC(N6CCN(c7ccc(NC8CCC(=O)NC8=O)c(Cl)c7)CC6)C5)C(F)(F)C4)cccc32)nn2c(C(N)=O)cnc12. The Morgan fingerprint density at radius 3 is 2.44 bits per heavy atom. The molecule has 0 radical (unpaired) electrons. The Bertz CT molecular complexity index is 2310. The number of amides is 3. The number of carbonyl (C=O) groups is 3. The van der Waals surface area contributed by atoms with E-state index in [0.29, 0.717) is 73.4 Å². The van der Waals surface area contributed by atoms with Gasteiger partial charge >= 0.3 is 0 Å². The van der Waals surface area contributed by atoms with Crippen molar-refractivity contribution in [1.82, 2.24) is 34.6 Å². The molecule has 2 aromatic carbocycles. The van der Waals surface area contributed by atoms with Crippen molar-refractivity contribution in [3.8, 4) is 0 Å². The Hall–Kier alpha value is -5.10. The van der Waals surface area contributed by atoms with Crippen molar-refractivity contribution < 1.29 is 23.2 Å². The van der Waals surface area contributed by atoms with Crippen molar-refractivity contribution in [3.63, 3.8) is 0 Å². The predicted molar refractivity (Wildman–Crippen MR) is 231 cm³/mol. The number of hydrogen-bond acceptors (Lipinski definition) is 12. The number of piperidine rings is 2. The van der Waals surface area contributed by atoms with E-state index in [2.05, 4.69) is 35.6 Å². The van der Waals surface area contributed by atoms with Crippen LogP contribution >= 0.6 is 11.6 Å². The van der Waals surface area contributed by atoms with E-state index in [1.807, 2.05) is 52.3 Å². The molecule has 2 unspecified atom stereocenters. The number of imidazole rings is 1. The number of primary amides is 1. The molecule has 0 spiro atoms. The molecule has 2 atom stereocenters. The van der Waals surface area contributed by atoms with Gasteiger partial charge in [0.25, 0.3) is 11.8 Å². The number of aromatic nitrogens is 3. The standard InChI is InChI=1S/C40H47ClF2N12O3.C3H6/c1-45-31-18-35(49-55-33(37(44)57)19-46-38(31)55)54-12-9-27-24(3-2-4-32(27)54)20-50-11-10-34(40(42,43)23-50)53-21-26(22-53)52-15-13-51(14-16-52)25-5-6-29(28(41)17-25)47-30-7-8-36(56)48-39(30)58;1-2-3-1/h2-6,17-19,26,30,34,45,47H,7-16,20-23H2,1H3,(H2,44,57)(H,48,56,58);1-3H2. The second-order valence-corrected chi connectivity index (χ2v) is 17.4. The van der Waals surface area contributed by atoms with Crippen LogP contribution in [0.2, 0.25) is 5.02 Å². The summed E-state index contributed by atoms with van der Waals surface area (Å²) in [7, 11) is 1.78. The van der Waals surface area contributed by atoms with Gasteiger partial charge in [-0.2, -0.15) is 0 Å². The topological polar surface area (TPSA) is 160 Å². The van der Waals surface area contributed by atoms with E-state index >= 15 is 8.78 Å². The first-order valence-corrected chi connectivity index (χ1v) is 21.8. The van der Waals surface area contributed by atoms with Gasteiger partial charge in [-0.05, 0) is 54.7 Å². The third kappa shape index (κ3) is 8.57. The van der Waals surface area contributed by atoms with Crippen LogP contribution in [0.4, 0.5) is 37.3 Å². The summed E-state index contributed by atoms with van der Waals surface area (Å²) in [6.45, 7) is 5.96. The first-order chi connectivity index (χ1) is 29.4. The molecule has 4 aromatic rings. The number of imide groups is 1. The van der Waals surface area contributed by atoms with Gasteiger partial charge in [0.2, 0.25) is 11.8 Å². The summed E-state index contributed by atoms with van der Waals surface area (Å²) in [6, 6.07) is 12.6. The molecule has 4 saturated heterocycles. The minimum absolute atomic E-state index is 0.188. The first kappa shape index (κ1) is 41.3. The zero-order chi connectivity index (χ0) is 42.4. The van der Waals surface area contributed by atoms with Crippen LogP contribution in [0.3, 0.4) is 0 Å². The van der Waals surface area contributed by atoms with Crippen molar-refractivity contribution >= 4 is 63.5 Å². The van der Waals surface area contributed by atoms with E-state index in [1.165, 1.54) is 30.0 Å². The lowest BCUT2D eigenvalue weighted by Gasteiger charge is -2.53. The van der Waals surface area contributed by atoms with E-state index < -0.39 is 23.9 Å². The maximum absolute atomic E-state index is 15.9. The summed E-state index contributed by atoms with van der Waals surface area (Å²) < 4.78 is 33.3. The fourth-order valence-corrected chi connectivity index (χ4v) is 9.54. The van der Waals surface area contributed by atoms with Gasteiger partial charge in [0.05, 0.1) is 35.2 Å². The molecule has 61 heavy (non-hydrogen) atoms. The highest BCUT2D eigenvalue weighted by Crippen LogP contribution is 2.40. The van der Waals surface area contributed by atoms with Gasteiger partial charge in [0.15, 0.2) is 11.5 Å². The highest BCUT2D eigenvalue weighted by molar-refractivity contribution is 6.33. The summed E-state index contributed by atoms with van der Waals surface area (Å²) in [6.07, 6.45) is 7.78. The van der Waals surface area contributed by atoms with E-state index in [1.54, 1.807) is 7.05 Å². The zero-order valence-electron chi connectivity index (χ0n) is 34.4. The molecular formula is C43H53ClF2N12O3. The molecule has 6 aliphatic rings. The van der Waals surface area contributed by atoms with Crippen LogP contribution in [0.25, 0.3) is 5.65 Å². The highest BCUT2D eigenvalue weighted by Gasteiger charge is 2.51. The molecule has 10 rings (SSSR count). The highest BCUT2D eigenvalue weighted by atomic mass is 35.5. The summed E-state index contributed by atoms with van der Waals surface area (Å²) in [5.74, 6) is -3.43. The number of likely N-dealkylation sites (tertiary alicyclic amines) is 2. The molecule has 5 aliphatic heterocycles. The summed E-state index contributed by atoms with van der Waals surface area (Å²) in [5.41, 5.74) is 11.8. The maximum Gasteiger partial charge on any atom is 0.275 e. The molecule has 7 heterocycles. The summed E-state index contributed by atoms with van der Waals surface area (Å²) >= 11 is 6.61. The fourth-order valence-electron chi connectivity index (χ4n) is 9.31. The van der Waals surface area contributed by atoms with E-state index in [4.69, 9.17) is 22.4 Å². The molecule has 324 valence electrons. The van der Waals surface area contributed by atoms with Crippen LogP contribution in [-0.2, 0) is 22.6 Å². The second-order valence-electron chi connectivity index (χ2n) is 17.0. The Labute approximate surface area is 358 Å². The Morgan fingerprint density at radius 1 is 0.967 bits per heavy atom. The number of benzene rings is 2. The van der Waals surface area contributed by atoms with Crippen LogP contribution in [0, 0.1) is 0 Å². The van der Waals surface area contributed by atoms with Crippen LogP contribution in [0.5, 0.6) is 0 Å². The number of nitrogens with zero attached hydrogens (tertiary/aromatic N) is 8. The number of nitrogens with one attached hydrogen (secondary N) is 3. The third-order valence-corrected chi connectivity index (χ3v) is 13.1. The summed E-state index contributed by atoms with van der Waals surface area (Å²) in [5, 5.41) is 13.9. The normalized spacial score (nSPS) is 23.2. The number of nitrogens with two attached hydrogens (primary N) is 1. The lowest BCUT2D eigenvalue weighted by molar-refractivity contribution is -0.154. The first-order valence-electron chi connectivity index (χ1n) is 21.4. The Kier molecular flexibility index (Phi) is 11.5. The number of piperazine rings is 1. The average Bonchev–Trinajstić information content (AvgIpc) is 3.94. The minimum Gasteiger partial charge on any atom is -0.385 e. The van der Waals surface area contributed by atoms with Crippen LogP contribution in [0.15, 0.2) is 48.7 Å². The van der Waals surface area contributed by atoms with Crippen molar-refractivity contribution in [2.24, 2.45) is 5.73 Å². The molecule has 0 bridgehead atoms. The quantitative estimate of drug-likeness (QED) is 0.168. The number of carbonyl (C=O) groups excluding carboxylic acids is 3. The minimum atomic E-state index is -2.84. The number of hydrogen-bond donors (Lipinski definition) is 4. The molecule has 1 aliphatic carbocycles. The largest absolute Gasteiger partial charge is 0.385 e. The van der Waals surface area contributed by atoms with E-state index in [0.717, 1.165) is 55.1 Å². The average molecular weight is 859 g/mol. The van der Waals surface area contributed by atoms with Gasteiger partial charge in [-0.1, -0.05) is 43.0 Å². The second kappa shape index (κ2) is 17.0. The molecule has 2 aromatic heterocycles. The van der Waals surface area contributed by atoms with Crippen LogP contribution < -0.4 is 31.5 Å². The van der Waals surface area contributed by atoms with E-state index in [9.17, 15) is 14.4 Å². The van der Waals surface area contributed by atoms with Crippen LogP contribution in [-0.4, -0.2) is 137 Å². The van der Waals surface area contributed by atoms with Gasteiger partial charge in [-0.25, -0.2) is 18.3 Å². The smallest absolute Gasteiger partial charge is 0.275 e. The number of halogens is 3. The third-order valence-electron chi connectivity index (χ3n) is 12.8. The molecule has 1 saturated carbocycles.